The molecule has 1 saturated carbocycles. The van der Waals surface area contributed by atoms with Crippen molar-refractivity contribution in [2.75, 3.05) is 37.7 Å². The Morgan fingerprint density at radius 1 is 1.09 bits per heavy atom. The number of rotatable bonds is 12. The molecule has 0 unspecified atom stereocenters. The summed E-state index contributed by atoms with van der Waals surface area (Å²) in [7, 11) is 0. The van der Waals surface area contributed by atoms with Crippen molar-refractivity contribution in [1.82, 2.24) is 10.1 Å². The first-order valence-electron chi connectivity index (χ1n) is 12.6. The van der Waals surface area contributed by atoms with Crippen LogP contribution in [-0.2, 0) is 17.9 Å². The van der Waals surface area contributed by atoms with E-state index in [0.29, 0.717) is 25.6 Å². The van der Waals surface area contributed by atoms with E-state index in [9.17, 15) is 5.11 Å². The second-order valence-corrected chi connectivity index (χ2v) is 9.61. The van der Waals surface area contributed by atoms with Gasteiger partial charge in [0, 0.05) is 38.3 Å². The molecule has 1 aliphatic heterocycles. The molecule has 2 aliphatic rings. The Kier molecular flexibility index (Phi) is 7.63. The number of piperidine rings is 1. The minimum absolute atomic E-state index is 0.274. The Hall–Kier alpha value is -2.61. The Bertz CT molecular complexity index is 994. The standard InChI is InChI=1S/C27H35N3O4/c31-23(19-32-20-24-10-7-15-33-24)17-29(16-21-11-12-21)18-25-26(22-8-3-1-4-9-22)28-34-27(25)30-13-5-2-6-14-30/h1,3-4,7-10,15,21,23,31H,2,5-6,11-14,16-20H2/t23-/m1/s1. The highest BCUT2D eigenvalue weighted by molar-refractivity contribution is 5.68. The van der Waals surface area contributed by atoms with Crippen molar-refractivity contribution in [3.8, 4) is 11.3 Å². The van der Waals surface area contributed by atoms with Crippen LogP contribution in [0.2, 0.25) is 0 Å². The van der Waals surface area contributed by atoms with Gasteiger partial charge in [-0.2, -0.15) is 0 Å². The number of aliphatic hydroxyl groups is 1. The van der Waals surface area contributed by atoms with Gasteiger partial charge >= 0.3 is 0 Å². The molecule has 3 heterocycles. The molecule has 2 aromatic heterocycles. The first kappa shape index (κ1) is 23.1. The van der Waals surface area contributed by atoms with E-state index in [1.807, 2.05) is 30.3 Å². The highest BCUT2D eigenvalue weighted by atomic mass is 16.5. The van der Waals surface area contributed by atoms with E-state index in [0.717, 1.165) is 48.1 Å². The SMILES string of the molecule is O[C@@H](COCc1ccco1)CN(Cc1c(-c2ccccc2)noc1N1CCCCC1)CC1CC1. The van der Waals surface area contributed by atoms with Crippen molar-refractivity contribution < 1.29 is 18.8 Å². The van der Waals surface area contributed by atoms with Gasteiger partial charge in [-0.05, 0) is 50.2 Å². The smallest absolute Gasteiger partial charge is 0.232 e. The lowest BCUT2D eigenvalue weighted by Crippen LogP contribution is -2.37. The van der Waals surface area contributed by atoms with Crippen LogP contribution in [0.3, 0.4) is 0 Å². The molecule has 0 spiro atoms. The molecule has 1 N–H and O–H groups in total. The summed E-state index contributed by atoms with van der Waals surface area (Å²) in [4.78, 5) is 4.70. The summed E-state index contributed by atoms with van der Waals surface area (Å²) in [6.45, 7) is 4.86. The number of aromatic nitrogens is 1. The summed E-state index contributed by atoms with van der Waals surface area (Å²) in [6, 6.07) is 14.0. The molecule has 34 heavy (non-hydrogen) atoms. The molecule has 7 nitrogen and oxygen atoms in total. The molecule has 182 valence electrons. The first-order valence-corrected chi connectivity index (χ1v) is 12.6. The van der Waals surface area contributed by atoms with Crippen LogP contribution in [0.5, 0.6) is 0 Å². The second kappa shape index (κ2) is 11.2. The number of aliphatic hydroxyl groups excluding tert-OH is 1. The molecule has 1 aromatic carbocycles. The van der Waals surface area contributed by atoms with E-state index in [-0.39, 0.29) is 6.61 Å². The quantitative estimate of drug-likeness (QED) is 0.415. The van der Waals surface area contributed by atoms with Crippen molar-refractivity contribution in [1.29, 1.82) is 0 Å². The van der Waals surface area contributed by atoms with Gasteiger partial charge in [-0.3, -0.25) is 4.90 Å². The van der Waals surface area contributed by atoms with E-state index in [2.05, 4.69) is 27.1 Å². The number of hydrogen-bond donors (Lipinski definition) is 1. The lowest BCUT2D eigenvalue weighted by atomic mass is 10.1. The fourth-order valence-corrected chi connectivity index (χ4v) is 4.75. The van der Waals surface area contributed by atoms with Gasteiger partial charge < -0.3 is 23.7 Å². The van der Waals surface area contributed by atoms with Crippen LogP contribution in [0.25, 0.3) is 11.3 Å². The molecule has 7 heteroatoms. The van der Waals surface area contributed by atoms with Gasteiger partial charge in [-0.25, -0.2) is 0 Å². The minimum atomic E-state index is -0.577. The van der Waals surface area contributed by atoms with Crippen LogP contribution in [-0.4, -0.2) is 54.1 Å². The van der Waals surface area contributed by atoms with Crippen molar-refractivity contribution in [2.45, 2.75) is 51.4 Å². The molecule has 2 fully saturated rings. The molecular weight excluding hydrogens is 430 g/mol. The zero-order chi connectivity index (χ0) is 23.2. The zero-order valence-electron chi connectivity index (χ0n) is 19.8. The third kappa shape index (κ3) is 6.09. The average Bonchev–Trinajstić information content (AvgIpc) is 3.35. The predicted octanol–water partition coefficient (Wildman–Crippen LogP) is 4.71. The highest BCUT2D eigenvalue weighted by Crippen LogP contribution is 2.35. The minimum Gasteiger partial charge on any atom is -0.467 e. The fraction of sp³-hybridized carbons (Fsp3) is 0.519. The van der Waals surface area contributed by atoms with Crippen molar-refractivity contribution in [3.05, 3.63) is 60.1 Å². The largest absolute Gasteiger partial charge is 0.467 e. The number of hydrogen-bond acceptors (Lipinski definition) is 7. The Morgan fingerprint density at radius 2 is 1.91 bits per heavy atom. The summed E-state index contributed by atoms with van der Waals surface area (Å²) >= 11 is 0. The molecular formula is C27H35N3O4. The molecule has 0 radical (unpaired) electrons. The average molecular weight is 466 g/mol. The highest BCUT2D eigenvalue weighted by Gasteiger charge is 2.29. The molecule has 1 aliphatic carbocycles. The molecule has 1 atom stereocenters. The van der Waals surface area contributed by atoms with Gasteiger partial charge in [0.25, 0.3) is 0 Å². The van der Waals surface area contributed by atoms with E-state index < -0.39 is 6.10 Å². The van der Waals surface area contributed by atoms with Crippen LogP contribution in [0, 0.1) is 5.92 Å². The zero-order valence-corrected chi connectivity index (χ0v) is 19.8. The van der Waals surface area contributed by atoms with Gasteiger partial charge in [0.15, 0.2) is 0 Å². The van der Waals surface area contributed by atoms with Gasteiger partial charge in [-0.15, -0.1) is 0 Å². The van der Waals surface area contributed by atoms with Crippen LogP contribution < -0.4 is 4.90 Å². The normalized spacial score (nSPS) is 17.4. The Labute approximate surface area is 201 Å². The molecule has 5 rings (SSSR count). The van der Waals surface area contributed by atoms with Crippen molar-refractivity contribution in [2.24, 2.45) is 5.92 Å². The summed E-state index contributed by atoms with van der Waals surface area (Å²) in [5.74, 6) is 2.36. The van der Waals surface area contributed by atoms with Crippen LogP contribution in [0.4, 0.5) is 5.88 Å². The number of furan rings is 1. The maximum Gasteiger partial charge on any atom is 0.232 e. The maximum absolute atomic E-state index is 10.8. The van der Waals surface area contributed by atoms with Crippen molar-refractivity contribution >= 4 is 5.88 Å². The van der Waals surface area contributed by atoms with Crippen molar-refractivity contribution in [3.63, 3.8) is 0 Å². The van der Waals surface area contributed by atoms with E-state index >= 15 is 0 Å². The number of anilines is 1. The van der Waals surface area contributed by atoms with Gasteiger partial charge in [-0.1, -0.05) is 35.5 Å². The molecule has 3 aromatic rings. The monoisotopic (exact) mass is 465 g/mol. The first-order chi connectivity index (χ1) is 16.8. The van der Waals surface area contributed by atoms with Gasteiger partial charge in [0.05, 0.1) is 24.5 Å². The predicted molar refractivity (Wildman–Crippen MR) is 130 cm³/mol. The van der Waals surface area contributed by atoms with Gasteiger partial charge in [0.2, 0.25) is 5.88 Å². The van der Waals surface area contributed by atoms with Crippen LogP contribution in [0.1, 0.15) is 43.4 Å². The van der Waals surface area contributed by atoms with Gasteiger partial charge in [0.1, 0.15) is 18.1 Å². The van der Waals surface area contributed by atoms with E-state index in [1.54, 1.807) is 6.26 Å². The Morgan fingerprint density at radius 3 is 2.65 bits per heavy atom. The number of ether oxygens (including phenoxy) is 1. The third-order valence-electron chi connectivity index (χ3n) is 6.66. The molecule has 0 bridgehead atoms. The fourth-order valence-electron chi connectivity index (χ4n) is 4.75. The summed E-state index contributed by atoms with van der Waals surface area (Å²) in [5.41, 5.74) is 3.10. The van der Waals surface area contributed by atoms with Crippen LogP contribution in [0.15, 0.2) is 57.7 Å². The topological polar surface area (TPSA) is 75.1 Å². The van der Waals surface area contributed by atoms with E-state index in [4.69, 9.17) is 13.7 Å². The molecule has 1 saturated heterocycles. The number of benzene rings is 1. The summed E-state index contributed by atoms with van der Waals surface area (Å²) < 4.78 is 17.0. The lowest BCUT2D eigenvalue weighted by molar-refractivity contribution is 0.00319. The third-order valence-corrected chi connectivity index (χ3v) is 6.66. The molecule has 0 amide bonds. The summed E-state index contributed by atoms with van der Waals surface area (Å²) in [6.07, 6.45) is 7.20. The second-order valence-electron chi connectivity index (χ2n) is 9.61. The Balaban J connectivity index is 1.31. The number of nitrogens with zero attached hydrogens (tertiary/aromatic N) is 3. The maximum atomic E-state index is 10.8. The van der Waals surface area contributed by atoms with Crippen LogP contribution >= 0.6 is 0 Å². The summed E-state index contributed by atoms with van der Waals surface area (Å²) in [5, 5.41) is 15.3. The lowest BCUT2D eigenvalue weighted by Gasteiger charge is -2.29. The van der Waals surface area contributed by atoms with E-state index in [1.165, 1.54) is 32.1 Å².